The van der Waals surface area contributed by atoms with Gasteiger partial charge in [-0.1, -0.05) is 12.1 Å². The Kier molecular flexibility index (Phi) is 3.80. The van der Waals surface area contributed by atoms with E-state index in [1.807, 2.05) is 6.08 Å². The summed E-state index contributed by atoms with van der Waals surface area (Å²) < 4.78 is 1.56. The van der Waals surface area contributed by atoms with E-state index < -0.39 is 10.9 Å². The van der Waals surface area contributed by atoms with Crippen LogP contribution in [0.2, 0.25) is 0 Å². The molecule has 0 amide bonds. The zero-order valence-electron chi connectivity index (χ0n) is 14.0. The lowest BCUT2D eigenvalue weighted by Gasteiger charge is -2.05. The number of carboxylic acids is 1. The highest BCUT2D eigenvalue weighted by atomic mass is 16.6. The molecule has 3 aromatic rings. The Morgan fingerprint density at radius 1 is 1.22 bits per heavy atom. The van der Waals surface area contributed by atoms with Crippen LogP contribution in [0.3, 0.4) is 0 Å². The number of non-ortho nitro benzene ring substituents is 1. The first kappa shape index (κ1) is 16.6. The van der Waals surface area contributed by atoms with Gasteiger partial charge in [0.05, 0.1) is 21.4 Å². The summed E-state index contributed by atoms with van der Waals surface area (Å²) in [5.41, 5.74) is 1.74. The van der Waals surface area contributed by atoms with Crippen molar-refractivity contribution in [2.45, 2.75) is 13.0 Å². The summed E-state index contributed by atoms with van der Waals surface area (Å²) in [5.74, 6) is -0.517. The number of fused-ring (bicyclic) bond motifs is 2. The van der Waals surface area contributed by atoms with Crippen molar-refractivity contribution in [1.29, 1.82) is 0 Å². The minimum absolute atomic E-state index is 0.118. The topological polar surface area (TPSA) is 115 Å². The van der Waals surface area contributed by atoms with Gasteiger partial charge in [-0.2, -0.15) is 0 Å². The van der Waals surface area contributed by atoms with Gasteiger partial charge in [0.2, 0.25) is 0 Å². The third kappa shape index (κ3) is 2.86. The predicted octanol–water partition coefficient (Wildman–Crippen LogP) is 2.95. The van der Waals surface area contributed by atoms with E-state index >= 15 is 0 Å². The SMILES string of the molecule is O=C(O)c1ccc(/C=C2\CCn3c2nc2cc([N+](=O)[O-])ccc2c3=O)cc1. The van der Waals surface area contributed by atoms with Crippen molar-refractivity contribution in [3.05, 3.63) is 79.9 Å². The summed E-state index contributed by atoms with van der Waals surface area (Å²) in [7, 11) is 0. The highest BCUT2D eigenvalue weighted by molar-refractivity contribution is 5.89. The number of nitrogens with zero attached hydrogens (tertiary/aromatic N) is 3. The molecule has 8 heteroatoms. The standard InChI is InChI=1S/C19H13N3O5/c23-18-15-6-5-14(22(26)27)10-16(15)20-17-13(7-8-21(17)18)9-11-1-3-12(4-2-11)19(24)25/h1-6,9-10H,7-8H2,(H,24,25)/b13-9+. The molecule has 0 unspecified atom stereocenters. The molecular weight excluding hydrogens is 350 g/mol. The summed E-state index contributed by atoms with van der Waals surface area (Å²) in [5, 5.41) is 20.3. The van der Waals surface area contributed by atoms with Gasteiger partial charge < -0.3 is 5.11 Å². The molecule has 0 aliphatic carbocycles. The van der Waals surface area contributed by atoms with Gasteiger partial charge in [-0.3, -0.25) is 19.5 Å². The molecule has 0 saturated heterocycles. The number of carboxylic acid groups (broad SMARTS) is 1. The first-order valence-corrected chi connectivity index (χ1v) is 8.17. The monoisotopic (exact) mass is 363 g/mol. The summed E-state index contributed by atoms with van der Waals surface area (Å²) in [6.45, 7) is 0.479. The van der Waals surface area contributed by atoms with Crippen LogP contribution in [0.25, 0.3) is 22.6 Å². The predicted molar refractivity (Wildman–Crippen MR) is 98.5 cm³/mol. The normalized spacial score (nSPS) is 14.4. The van der Waals surface area contributed by atoms with Crippen LogP contribution >= 0.6 is 0 Å². The molecule has 0 bridgehead atoms. The third-order valence-corrected chi connectivity index (χ3v) is 4.54. The Morgan fingerprint density at radius 2 is 1.96 bits per heavy atom. The van der Waals surface area contributed by atoms with E-state index in [0.717, 1.165) is 11.1 Å². The van der Waals surface area contributed by atoms with Crippen molar-refractivity contribution >= 4 is 34.2 Å². The van der Waals surface area contributed by atoms with Gasteiger partial charge in [-0.15, -0.1) is 0 Å². The molecule has 134 valence electrons. The second-order valence-electron chi connectivity index (χ2n) is 6.20. The Balaban J connectivity index is 1.82. The van der Waals surface area contributed by atoms with Crippen molar-refractivity contribution in [1.82, 2.24) is 9.55 Å². The van der Waals surface area contributed by atoms with Crippen LogP contribution in [-0.2, 0) is 6.54 Å². The van der Waals surface area contributed by atoms with Gasteiger partial charge in [0, 0.05) is 18.7 Å². The van der Waals surface area contributed by atoms with Gasteiger partial charge in [-0.05, 0) is 41.8 Å². The minimum Gasteiger partial charge on any atom is -0.478 e. The molecule has 0 radical (unpaired) electrons. The van der Waals surface area contributed by atoms with Crippen LogP contribution in [-0.4, -0.2) is 25.6 Å². The molecule has 4 rings (SSSR count). The summed E-state index contributed by atoms with van der Waals surface area (Å²) >= 11 is 0. The first-order valence-electron chi connectivity index (χ1n) is 8.17. The van der Waals surface area contributed by atoms with Crippen LogP contribution in [0.1, 0.15) is 28.2 Å². The zero-order chi connectivity index (χ0) is 19.1. The van der Waals surface area contributed by atoms with E-state index in [1.54, 1.807) is 16.7 Å². The van der Waals surface area contributed by atoms with Crippen LogP contribution in [0.15, 0.2) is 47.3 Å². The summed E-state index contributed by atoms with van der Waals surface area (Å²) in [6.07, 6.45) is 2.45. The molecule has 0 atom stereocenters. The number of rotatable bonds is 3. The number of nitro groups is 1. The van der Waals surface area contributed by atoms with Crippen molar-refractivity contribution in [3.63, 3.8) is 0 Å². The summed E-state index contributed by atoms with van der Waals surface area (Å²) in [4.78, 5) is 38.6. The van der Waals surface area contributed by atoms with Gasteiger partial charge in [0.25, 0.3) is 11.2 Å². The smallest absolute Gasteiger partial charge is 0.335 e. The Morgan fingerprint density at radius 3 is 2.63 bits per heavy atom. The van der Waals surface area contributed by atoms with E-state index in [0.29, 0.717) is 24.2 Å². The van der Waals surface area contributed by atoms with Crippen molar-refractivity contribution in [2.24, 2.45) is 0 Å². The number of aromatic carboxylic acids is 1. The van der Waals surface area contributed by atoms with Crippen molar-refractivity contribution in [3.8, 4) is 0 Å². The second-order valence-corrected chi connectivity index (χ2v) is 6.20. The van der Waals surface area contributed by atoms with Crippen LogP contribution in [0, 0.1) is 10.1 Å². The van der Waals surface area contributed by atoms with Crippen molar-refractivity contribution in [2.75, 3.05) is 0 Å². The number of carbonyl (C=O) groups is 1. The Hall–Kier alpha value is -3.81. The molecule has 0 spiro atoms. The average Bonchev–Trinajstić information content (AvgIpc) is 3.05. The average molecular weight is 363 g/mol. The maximum absolute atomic E-state index is 12.7. The molecule has 1 aliphatic heterocycles. The molecule has 1 N–H and O–H groups in total. The molecule has 0 saturated carbocycles. The van der Waals surface area contributed by atoms with Gasteiger partial charge >= 0.3 is 5.97 Å². The quantitative estimate of drug-likeness (QED) is 0.565. The number of benzene rings is 2. The third-order valence-electron chi connectivity index (χ3n) is 4.54. The summed E-state index contributed by atoms with van der Waals surface area (Å²) in [6, 6.07) is 10.4. The highest BCUT2D eigenvalue weighted by Gasteiger charge is 2.22. The van der Waals surface area contributed by atoms with Crippen molar-refractivity contribution < 1.29 is 14.8 Å². The second kappa shape index (κ2) is 6.17. The number of hydrogen-bond acceptors (Lipinski definition) is 5. The lowest BCUT2D eigenvalue weighted by Crippen LogP contribution is -2.20. The number of nitro benzene ring substituents is 1. The van der Waals surface area contributed by atoms with E-state index in [9.17, 15) is 19.7 Å². The van der Waals surface area contributed by atoms with E-state index in [4.69, 9.17) is 5.11 Å². The van der Waals surface area contributed by atoms with E-state index in [1.165, 1.54) is 30.3 Å². The maximum atomic E-state index is 12.7. The lowest BCUT2D eigenvalue weighted by atomic mass is 10.1. The van der Waals surface area contributed by atoms with Gasteiger partial charge in [0.1, 0.15) is 5.82 Å². The molecule has 1 aromatic heterocycles. The number of allylic oxidation sites excluding steroid dienone is 1. The minimum atomic E-state index is -0.998. The van der Waals surface area contributed by atoms with Crippen LogP contribution in [0.5, 0.6) is 0 Å². The largest absolute Gasteiger partial charge is 0.478 e. The van der Waals surface area contributed by atoms with E-state index in [2.05, 4.69) is 4.98 Å². The fraction of sp³-hybridized carbons (Fsp3) is 0.105. The maximum Gasteiger partial charge on any atom is 0.335 e. The Labute approximate surface area is 152 Å². The molecule has 0 fully saturated rings. The molecule has 27 heavy (non-hydrogen) atoms. The molecule has 1 aliphatic rings. The number of hydrogen-bond donors (Lipinski definition) is 1. The molecule has 2 aromatic carbocycles. The number of aromatic nitrogens is 2. The fourth-order valence-corrected chi connectivity index (χ4v) is 3.18. The zero-order valence-corrected chi connectivity index (χ0v) is 14.0. The lowest BCUT2D eigenvalue weighted by molar-refractivity contribution is -0.384. The van der Waals surface area contributed by atoms with E-state index in [-0.39, 0.29) is 22.3 Å². The Bertz CT molecular complexity index is 1190. The first-order chi connectivity index (χ1) is 12.9. The molecule has 8 nitrogen and oxygen atoms in total. The molecule has 2 heterocycles. The fourth-order valence-electron chi connectivity index (χ4n) is 3.18. The van der Waals surface area contributed by atoms with Crippen LogP contribution in [0.4, 0.5) is 5.69 Å². The van der Waals surface area contributed by atoms with Gasteiger partial charge in [-0.25, -0.2) is 9.78 Å². The van der Waals surface area contributed by atoms with Crippen LogP contribution < -0.4 is 5.56 Å². The van der Waals surface area contributed by atoms with Gasteiger partial charge in [0.15, 0.2) is 0 Å². The molecular formula is C19H13N3O5. The highest BCUT2D eigenvalue weighted by Crippen LogP contribution is 2.28.